The van der Waals surface area contributed by atoms with Gasteiger partial charge < -0.3 is 5.32 Å². The number of aromatic nitrogens is 6. The van der Waals surface area contributed by atoms with Crippen LogP contribution in [-0.2, 0) is 0 Å². The van der Waals surface area contributed by atoms with Crippen LogP contribution in [0, 0.1) is 25.7 Å². The number of nitrogens with one attached hydrogen (secondary N) is 1. The number of rotatable bonds is 4. The van der Waals surface area contributed by atoms with Crippen molar-refractivity contribution in [3.05, 3.63) is 130 Å². The Kier molecular flexibility index (Phi) is 6.57. The molecule has 0 aliphatic carbocycles. The van der Waals surface area contributed by atoms with E-state index in [1.165, 1.54) is 4.57 Å². The molecule has 1 amide bonds. The van der Waals surface area contributed by atoms with E-state index in [0.29, 0.717) is 44.9 Å². The van der Waals surface area contributed by atoms with Gasteiger partial charge in [0.15, 0.2) is 5.65 Å². The SMILES string of the molecule is Cc1ccc(C#Cc2cccc3nc([C@@H](C)NC(=O)c4c(C)nn5cccnc45)n(-c4ccccc4)c(=O)c23)cn1. The van der Waals surface area contributed by atoms with Crippen LogP contribution in [0.2, 0.25) is 0 Å². The number of aryl methyl sites for hydroxylation is 2. The van der Waals surface area contributed by atoms with Gasteiger partial charge in [0, 0.05) is 35.4 Å². The van der Waals surface area contributed by atoms with E-state index < -0.39 is 6.04 Å². The first-order chi connectivity index (χ1) is 19.9. The maximum atomic E-state index is 14.2. The van der Waals surface area contributed by atoms with Crippen molar-refractivity contribution < 1.29 is 4.79 Å². The monoisotopic (exact) mass is 539 g/mol. The summed E-state index contributed by atoms with van der Waals surface area (Å²) in [5.74, 6) is 6.27. The minimum absolute atomic E-state index is 0.280. The fourth-order valence-electron chi connectivity index (χ4n) is 4.75. The van der Waals surface area contributed by atoms with Crippen molar-refractivity contribution >= 4 is 22.5 Å². The van der Waals surface area contributed by atoms with Crippen molar-refractivity contribution in [2.24, 2.45) is 0 Å². The normalized spacial score (nSPS) is 11.7. The Balaban J connectivity index is 1.47. The molecule has 0 saturated heterocycles. The lowest BCUT2D eigenvalue weighted by atomic mass is 10.1. The number of benzene rings is 2. The van der Waals surface area contributed by atoms with Crippen molar-refractivity contribution in [1.82, 2.24) is 34.4 Å². The van der Waals surface area contributed by atoms with Crippen molar-refractivity contribution in [3.63, 3.8) is 0 Å². The molecule has 200 valence electrons. The standard InChI is InChI=1S/C32H25N7O2/c1-20-13-14-23(19-34-20)15-16-24-9-7-12-26-28(24)32(41)39(25-10-5-4-6-11-25)29(36-26)22(3)35-31(40)27-21(2)37-38-18-8-17-33-30(27)38/h4-14,17-19,22H,1-3H3,(H,35,40)/t22-/m1/s1. The highest BCUT2D eigenvalue weighted by atomic mass is 16.2. The van der Waals surface area contributed by atoms with Crippen molar-refractivity contribution in [2.75, 3.05) is 0 Å². The summed E-state index contributed by atoms with van der Waals surface area (Å²) in [6.07, 6.45) is 5.06. The summed E-state index contributed by atoms with van der Waals surface area (Å²) in [6.45, 7) is 5.47. The fraction of sp³-hybridized carbons (Fsp3) is 0.125. The summed E-state index contributed by atoms with van der Waals surface area (Å²) in [6, 6.07) is 19.5. The lowest BCUT2D eigenvalue weighted by Crippen LogP contribution is -2.33. The molecular weight excluding hydrogens is 514 g/mol. The Bertz CT molecular complexity index is 2050. The van der Waals surface area contributed by atoms with Gasteiger partial charge in [0.25, 0.3) is 11.5 Å². The predicted molar refractivity (Wildman–Crippen MR) is 156 cm³/mol. The predicted octanol–water partition coefficient (Wildman–Crippen LogP) is 4.33. The molecule has 0 unspecified atom stereocenters. The molecule has 0 fully saturated rings. The van der Waals surface area contributed by atoms with Crippen LogP contribution in [0.3, 0.4) is 0 Å². The number of hydrogen-bond donors (Lipinski definition) is 1. The zero-order valence-corrected chi connectivity index (χ0v) is 22.7. The van der Waals surface area contributed by atoms with E-state index in [1.807, 2.05) is 55.5 Å². The first-order valence-corrected chi connectivity index (χ1v) is 13.1. The number of carbonyl (C=O) groups is 1. The first-order valence-electron chi connectivity index (χ1n) is 13.1. The van der Waals surface area contributed by atoms with Crippen LogP contribution >= 0.6 is 0 Å². The summed E-state index contributed by atoms with van der Waals surface area (Å²) in [5, 5.41) is 7.80. The van der Waals surface area contributed by atoms with Gasteiger partial charge in [-0.15, -0.1) is 0 Å². The summed E-state index contributed by atoms with van der Waals surface area (Å²) >= 11 is 0. The average Bonchev–Trinajstić information content (AvgIpc) is 3.32. The lowest BCUT2D eigenvalue weighted by Gasteiger charge is -2.20. The van der Waals surface area contributed by atoms with Crippen molar-refractivity contribution in [1.29, 1.82) is 0 Å². The number of pyridine rings is 1. The van der Waals surface area contributed by atoms with E-state index in [2.05, 4.69) is 32.2 Å². The van der Waals surface area contributed by atoms with E-state index >= 15 is 0 Å². The molecular formula is C32H25N7O2. The highest BCUT2D eigenvalue weighted by Crippen LogP contribution is 2.21. The lowest BCUT2D eigenvalue weighted by molar-refractivity contribution is 0.0938. The van der Waals surface area contributed by atoms with Crippen molar-refractivity contribution in [2.45, 2.75) is 26.8 Å². The van der Waals surface area contributed by atoms with Crippen LogP contribution in [0.25, 0.3) is 22.2 Å². The van der Waals surface area contributed by atoms with Gasteiger partial charge >= 0.3 is 0 Å². The number of carbonyl (C=O) groups excluding carboxylic acids is 1. The van der Waals surface area contributed by atoms with Crippen LogP contribution in [0.5, 0.6) is 0 Å². The first kappa shape index (κ1) is 25.6. The zero-order valence-electron chi connectivity index (χ0n) is 22.7. The highest BCUT2D eigenvalue weighted by molar-refractivity contribution is 6.01. The number of nitrogens with zero attached hydrogens (tertiary/aromatic N) is 6. The average molecular weight is 540 g/mol. The molecule has 6 rings (SSSR count). The van der Waals surface area contributed by atoms with E-state index in [4.69, 9.17) is 4.98 Å². The molecule has 6 aromatic rings. The van der Waals surface area contributed by atoms with E-state index in [0.717, 1.165) is 11.3 Å². The summed E-state index contributed by atoms with van der Waals surface area (Å²) in [5.41, 5.74) is 4.41. The number of amides is 1. The molecule has 4 heterocycles. The van der Waals surface area contributed by atoms with E-state index in [1.54, 1.807) is 55.2 Å². The van der Waals surface area contributed by atoms with E-state index in [9.17, 15) is 9.59 Å². The Morgan fingerprint density at radius 2 is 1.78 bits per heavy atom. The summed E-state index contributed by atoms with van der Waals surface area (Å²) in [7, 11) is 0. The van der Waals surface area contributed by atoms with Gasteiger partial charge in [-0.25, -0.2) is 14.5 Å². The van der Waals surface area contributed by atoms with Gasteiger partial charge in [-0.2, -0.15) is 5.10 Å². The smallest absolute Gasteiger partial charge is 0.267 e. The van der Waals surface area contributed by atoms with Gasteiger partial charge in [0.2, 0.25) is 0 Å². The molecule has 4 aromatic heterocycles. The maximum absolute atomic E-state index is 14.2. The summed E-state index contributed by atoms with van der Waals surface area (Å²) < 4.78 is 3.10. The second-order valence-electron chi connectivity index (χ2n) is 9.63. The minimum atomic E-state index is -0.633. The molecule has 1 atom stereocenters. The van der Waals surface area contributed by atoms with Gasteiger partial charge in [-0.3, -0.25) is 19.1 Å². The Hall–Kier alpha value is -5.62. The molecule has 9 nitrogen and oxygen atoms in total. The Labute approximate surface area is 235 Å². The molecule has 2 aromatic carbocycles. The summed E-state index contributed by atoms with van der Waals surface area (Å²) in [4.78, 5) is 41.2. The molecule has 0 bridgehead atoms. The topological polar surface area (TPSA) is 107 Å². The Morgan fingerprint density at radius 3 is 2.56 bits per heavy atom. The number of para-hydroxylation sites is 1. The second-order valence-corrected chi connectivity index (χ2v) is 9.63. The van der Waals surface area contributed by atoms with Crippen LogP contribution in [0.15, 0.2) is 90.1 Å². The molecule has 1 N–H and O–H groups in total. The molecule has 0 radical (unpaired) electrons. The minimum Gasteiger partial charge on any atom is -0.342 e. The van der Waals surface area contributed by atoms with Gasteiger partial charge in [0.05, 0.1) is 28.3 Å². The van der Waals surface area contributed by atoms with Crippen LogP contribution in [-0.4, -0.2) is 35.0 Å². The quantitative estimate of drug-likeness (QED) is 0.334. The third-order valence-electron chi connectivity index (χ3n) is 6.72. The van der Waals surface area contributed by atoms with Gasteiger partial charge in [-0.05, 0) is 63.2 Å². The largest absolute Gasteiger partial charge is 0.342 e. The molecule has 9 heteroatoms. The number of fused-ring (bicyclic) bond motifs is 2. The van der Waals surface area contributed by atoms with Crippen LogP contribution in [0.1, 0.15) is 51.7 Å². The Morgan fingerprint density at radius 1 is 0.951 bits per heavy atom. The maximum Gasteiger partial charge on any atom is 0.267 e. The van der Waals surface area contributed by atoms with Gasteiger partial charge in [0.1, 0.15) is 11.4 Å². The highest BCUT2D eigenvalue weighted by Gasteiger charge is 2.24. The molecule has 41 heavy (non-hydrogen) atoms. The third-order valence-corrected chi connectivity index (χ3v) is 6.72. The number of hydrogen-bond acceptors (Lipinski definition) is 6. The van der Waals surface area contributed by atoms with Crippen LogP contribution < -0.4 is 10.9 Å². The third kappa shape index (κ3) is 4.83. The second kappa shape index (κ2) is 10.5. The zero-order chi connectivity index (χ0) is 28.5. The molecule has 0 spiro atoms. The van der Waals surface area contributed by atoms with E-state index in [-0.39, 0.29) is 11.5 Å². The van der Waals surface area contributed by atoms with Crippen molar-refractivity contribution in [3.8, 4) is 17.5 Å². The van der Waals surface area contributed by atoms with Gasteiger partial charge in [-0.1, -0.05) is 36.1 Å². The van der Waals surface area contributed by atoms with Crippen LogP contribution in [0.4, 0.5) is 0 Å². The molecule has 0 aliphatic heterocycles. The fourth-order valence-corrected chi connectivity index (χ4v) is 4.75. The molecule has 0 saturated carbocycles. The molecule has 0 aliphatic rings.